The van der Waals surface area contributed by atoms with Gasteiger partial charge >= 0.3 is 0 Å². The van der Waals surface area contributed by atoms with Crippen molar-refractivity contribution in [2.75, 3.05) is 11.5 Å². The second-order valence-electron chi connectivity index (χ2n) is 7.07. The summed E-state index contributed by atoms with van der Waals surface area (Å²) in [7, 11) is 0. The van der Waals surface area contributed by atoms with Crippen LogP contribution in [0.2, 0.25) is 0 Å². The molecule has 31 heavy (non-hydrogen) atoms. The molecule has 2 aromatic carbocycles. The quantitative estimate of drug-likeness (QED) is 0.338. The van der Waals surface area contributed by atoms with Crippen molar-refractivity contribution in [1.29, 1.82) is 0 Å². The maximum atomic E-state index is 13.4. The van der Waals surface area contributed by atoms with Crippen LogP contribution in [0, 0.1) is 12.7 Å². The third-order valence-electron chi connectivity index (χ3n) is 5.11. The van der Waals surface area contributed by atoms with Crippen LogP contribution in [0.5, 0.6) is 5.75 Å². The number of hydrogen-bond donors (Lipinski definition) is 1. The molecule has 7 heteroatoms. The fourth-order valence-corrected chi connectivity index (χ4v) is 4.51. The van der Waals surface area contributed by atoms with E-state index in [1.165, 1.54) is 40.5 Å². The van der Waals surface area contributed by atoms with Crippen molar-refractivity contribution in [3.8, 4) is 5.75 Å². The molecule has 2 heterocycles. The lowest BCUT2D eigenvalue weighted by atomic mass is 9.98. The molecule has 1 unspecified atom stereocenters. The number of rotatable bonds is 5. The van der Waals surface area contributed by atoms with Crippen LogP contribution in [0.1, 0.15) is 29.0 Å². The molecule has 3 aromatic rings. The molecular weight excluding hydrogens is 417 g/mol. The Kier molecular flexibility index (Phi) is 5.61. The lowest BCUT2D eigenvalue weighted by Crippen LogP contribution is -2.29. The van der Waals surface area contributed by atoms with E-state index >= 15 is 0 Å². The molecule has 0 bridgehead atoms. The highest BCUT2D eigenvalue weighted by molar-refractivity contribution is 7.10. The van der Waals surface area contributed by atoms with Gasteiger partial charge in [-0.25, -0.2) is 4.39 Å². The van der Waals surface area contributed by atoms with Crippen LogP contribution >= 0.6 is 11.3 Å². The highest BCUT2D eigenvalue weighted by Crippen LogP contribution is 2.43. The van der Waals surface area contributed by atoms with E-state index in [1.54, 1.807) is 24.3 Å². The van der Waals surface area contributed by atoms with E-state index in [0.29, 0.717) is 28.5 Å². The van der Waals surface area contributed by atoms with E-state index in [-0.39, 0.29) is 11.3 Å². The monoisotopic (exact) mass is 437 g/mol. The van der Waals surface area contributed by atoms with Crippen LogP contribution in [0.4, 0.5) is 10.1 Å². The smallest absolute Gasteiger partial charge is 0.300 e. The number of benzene rings is 2. The number of aryl methyl sites for hydroxylation is 1. The number of amides is 1. The second-order valence-corrected chi connectivity index (χ2v) is 8.05. The van der Waals surface area contributed by atoms with Crippen LogP contribution < -0.4 is 9.64 Å². The molecule has 0 saturated carbocycles. The lowest BCUT2D eigenvalue weighted by molar-refractivity contribution is -0.132. The number of ketones is 1. The van der Waals surface area contributed by atoms with E-state index in [4.69, 9.17) is 4.74 Å². The molecule has 1 fully saturated rings. The molecule has 158 valence electrons. The maximum absolute atomic E-state index is 13.4. The van der Waals surface area contributed by atoms with Crippen molar-refractivity contribution < 1.29 is 23.8 Å². The maximum Gasteiger partial charge on any atom is 0.300 e. The molecule has 1 amide bonds. The Balaban J connectivity index is 1.87. The van der Waals surface area contributed by atoms with Crippen molar-refractivity contribution in [3.63, 3.8) is 0 Å². The van der Waals surface area contributed by atoms with E-state index < -0.39 is 23.5 Å². The van der Waals surface area contributed by atoms with Crippen molar-refractivity contribution in [2.45, 2.75) is 19.9 Å². The summed E-state index contributed by atoms with van der Waals surface area (Å²) in [5.74, 6) is -1.58. The predicted molar refractivity (Wildman–Crippen MR) is 118 cm³/mol. The molecular formula is C24H20FNO4S. The highest BCUT2D eigenvalue weighted by Gasteiger charge is 2.47. The molecule has 0 radical (unpaired) electrons. The van der Waals surface area contributed by atoms with E-state index in [2.05, 4.69) is 0 Å². The first-order valence-electron chi connectivity index (χ1n) is 9.76. The van der Waals surface area contributed by atoms with Crippen LogP contribution in [0.15, 0.2) is 65.6 Å². The number of ether oxygens (including phenoxy) is 1. The molecule has 1 aliphatic heterocycles. The number of aliphatic hydroxyl groups excluding tert-OH is 1. The Bertz CT molecular complexity index is 1170. The van der Waals surface area contributed by atoms with Crippen LogP contribution in [-0.4, -0.2) is 23.4 Å². The summed E-state index contributed by atoms with van der Waals surface area (Å²) in [5, 5.41) is 12.9. The van der Waals surface area contributed by atoms with Gasteiger partial charge in [-0.1, -0.05) is 6.07 Å². The highest BCUT2D eigenvalue weighted by atomic mass is 32.1. The topological polar surface area (TPSA) is 66.8 Å². The van der Waals surface area contributed by atoms with Gasteiger partial charge in [0.1, 0.15) is 23.4 Å². The molecule has 4 rings (SSSR count). The zero-order chi connectivity index (χ0) is 22.1. The molecule has 1 atom stereocenters. The number of hydrogen-bond acceptors (Lipinski definition) is 5. The van der Waals surface area contributed by atoms with Gasteiger partial charge in [0.25, 0.3) is 11.7 Å². The first-order chi connectivity index (χ1) is 14.9. The van der Waals surface area contributed by atoms with Gasteiger partial charge in [-0.05, 0) is 73.3 Å². The number of carbonyl (C=O) groups excluding carboxylic acids is 2. The number of thiophene rings is 1. The summed E-state index contributed by atoms with van der Waals surface area (Å²) >= 11 is 1.37. The van der Waals surface area contributed by atoms with Crippen LogP contribution in [-0.2, 0) is 9.59 Å². The van der Waals surface area contributed by atoms with Crippen LogP contribution in [0.3, 0.4) is 0 Å². The molecule has 1 saturated heterocycles. The molecule has 0 aliphatic carbocycles. The average Bonchev–Trinajstić information content (AvgIpc) is 3.37. The Morgan fingerprint density at radius 1 is 1.16 bits per heavy atom. The van der Waals surface area contributed by atoms with Gasteiger partial charge in [0, 0.05) is 16.1 Å². The first kappa shape index (κ1) is 20.8. The van der Waals surface area contributed by atoms with Gasteiger partial charge in [-0.15, -0.1) is 11.3 Å². The number of anilines is 1. The summed E-state index contributed by atoms with van der Waals surface area (Å²) in [6.45, 7) is 4.23. The lowest BCUT2D eigenvalue weighted by Gasteiger charge is -2.24. The van der Waals surface area contributed by atoms with Gasteiger partial charge in [-0.3, -0.25) is 14.5 Å². The van der Waals surface area contributed by atoms with E-state index in [1.807, 2.05) is 25.3 Å². The third kappa shape index (κ3) is 3.72. The van der Waals surface area contributed by atoms with Crippen molar-refractivity contribution in [3.05, 3.63) is 87.4 Å². The summed E-state index contributed by atoms with van der Waals surface area (Å²) in [6, 6.07) is 13.3. The number of aliphatic hydroxyl groups is 1. The third-order valence-corrected chi connectivity index (χ3v) is 6.03. The first-order valence-corrected chi connectivity index (χ1v) is 10.6. The number of carbonyl (C=O) groups is 2. The SMILES string of the molecule is CCOc1ccc(/C(O)=C2/C(=O)C(=O)N(c3ccc(F)cc3)C2c2cccs2)cc1C. The number of halogens is 1. The summed E-state index contributed by atoms with van der Waals surface area (Å²) in [6.07, 6.45) is 0. The Morgan fingerprint density at radius 2 is 1.90 bits per heavy atom. The van der Waals surface area contributed by atoms with Crippen molar-refractivity contribution in [1.82, 2.24) is 0 Å². The standard InChI is InChI=1S/C24H20FNO4S/c1-3-30-18-11-6-15(13-14(18)2)22(27)20-21(19-5-4-12-31-19)26(24(29)23(20)28)17-9-7-16(25)8-10-17/h4-13,21,27H,3H2,1-2H3/b22-20-. The van der Waals surface area contributed by atoms with Gasteiger partial charge in [-0.2, -0.15) is 0 Å². The van der Waals surface area contributed by atoms with Gasteiger partial charge in [0.05, 0.1) is 12.2 Å². The minimum Gasteiger partial charge on any atom is -0.507 e. The molecule has 1 aromatic heterocycles. The van der Waals surface area contributed by atoms with Gasteiger partial charge < -0.3 is 9.84 Å². The van der Waals surface area contributed by atoms with Crippen molar-refractivity contribution in [2.24, 2.45) is 0 Å². The number of nitrogens with zero attached hydrogens (tertiary/aromatic N) is 1. The average molecular weight is 437 g/mol. The normalized spacial score (nSPS) is 17.9. The predicted octanol–water partition coefficient (Wildman–Crippen LogP) is 5.22. The zero-order valence-electron chi connectivity index (χ0n) is 17.0. The molecule has 1 aliphatic rings. The zero-order valence-corrected chi connectivity index (χ0v) is 17.8. The number of Topliss-reactive ketones (excluding diaryl/α,β-unsaturated/α-hetero) is 1. The Labute approximate surface area is 183 Å². The van der Waals surface area contributed by atoms with Crippen molar-refractivity contribution >= 4 is 34.5 Å². The minimum atomic E-state index is -0.808. The second kappa shape index (κ2) is 8.35. The molecule has 1 N–H and O–H groups in total. The molecule has 5 nitrogen and oxygen atoms in total. The fraction of sp³-hybridized carbons (Fsp3) is 0.167. The fourth-order valence-electron chi connectivity index (χ4n) is 3.69. The summed E-state index contributed by atoms with van der Waals surface area (Å²) < 4.78 is 19.0. The van der Waals surface area contributed by atoms with Gasteiger partial charge in [0.2, 0.25) is 0 Å². The Morgan fingerprint density at radius 3 is 2.52 bits per heavy atom. The summed E-state index contributed by atoms with van der Waals surface area (Å²) in [5.41, 5.74) is 1.59. The van der Waals surface area contributed by atoms with E-state index in [9.17, 15) is 19.1 Å². The van der Waals surface area contributed by atoms with Crippen LogP contribution in [0.25, 0.3) is 5.76 Å². The summed E-state index contributed by atoms with van der Waals surface area (Å²) in [4.78, 5) is 28.0. The molecule has 0 spiro atoms. The minimum absolute atomic E-state index is 0.000310. The van der Waals surface area contributed by atoms with E-state index in [0.717, 1.165) is 5.56 Å². The largest absolute Gasteiger partial charge is 0.507 e. The van der Waals surface area contributed by atoms with Gasteiger partial charge in [0.15, 0.2) is 0 Å². The Hall–Kier alpha value is -3.45.